The molecular formula is C7H8N4S. The SMILES string of the molecule is Cc1nn(C)c2c(=S)nc[nH]c12. The van der Waals surface area contributed by atoms with Gasteiger partial charge in [0.05, 0.1) is 17.5 Å². The Kier molecular flexibility index (Phi) is 1.47. The normalized spacial score (nSPS) is 10.8. The van der Waals surface area contributed by atoms with E-state index in [9.17, 15) is 0 Å². The molecule has 2 aromatic heterocycles. The first-order chi connectivity index (χ1) is 5.70. The van der Waals surface area contributed by atoms with Gasteiger partial charge >= 0.3 is 0 Å². The van der Waals surface area contributed by atoms with E-state index in [1.165, 1.54) is 0 Å². The fraction of sp³-hybridized carbons (Fsp3) is 0.286. The molecule has 0 aliphatic carbocycles. The van der Waals surface area contributed by atoms with Gasteiger partial charge in [0.15, 0.2) is 4.64 Å². The zero-order chi connectivity index (χ0) is 8.72. The van der Waals surface area contributed by atoms with Gasteiger partial charge in [0.25, 0.3) is 0 Å². The van der Waals surface area contributed by atoms with Crippen molar-refractivity contribution in [1.29, 1.82) is 0 Å². The predicted molar refractivity (Wildman–Crippen MR) is 48.4 cm³/mol. The molecule has 5 heteroatoms. The van der Waals surface area contributed by atoms with Crippen LogP contribution in [0, 0.1) is 11.6 Å². The molecule has 0 saturated heterocycles. The van der Waals surface area contributed by atoms with Gasteiger partial charge in [-0.1, -0.05) is 12.2 Å². The number of hydrogen-bond donors (Lipinski definition) is 1. The highest BCUT2D eigenvalue weighted by atomic mass is 32.1. The minimum absolute atomic E-state index is 0.590. The van der Waals surface area contributed by atoms with Crippen molar-refractivity contribution in [3.63, 3.8) is 0 Å². The van der Waals surface area contributed by atoms with E-state index in [0.29, 0.717) is 4.64 Å². The van der Waals surface area contributed by atoms with E-state index < -0.39 is 0 Å². The van der Waals surface area contributed by atoms with Crippen molar-refractivity contribution < 1.29 is 0 Å². The van der Waals surface area contributed by atoms with Crippen LogP contribution in [0.4, 0.5) is 0 Å². The monoisotopic (exact) mass is 180 g/mol. The minimum atomic E-state index is 0.590. The lowest BCUT2D eigenvalue weighted by Crippen LogP contribution is -1.91. The lowest BCUT2D eigenvalue weighted by molar-refractivity contribution is 0.781. The number of nitrogens with one attached hydrogen (secondary N) is 1. The molecule has 0 saturated carbocycles. The molecule has 0 amide bonds. The van der Waals surface area contributed by atoms with Crippen molar-refractivity contribution >= 4 is 23.3 Å². The Labute approximate surface area is 74.2 Å². The first kappa shape index (κ1) is 7.42. The molecule has 2 rings (SSSR count). The molecule has 2 heterocycles. The number of rotatable bonds is 0. The van der Waals surface area contributed by atoms with Crippen LogP contribution in [-0.4, -0.2) is 19.7 Å². The van der Waals surface area contributed by atoms with E-state index in [2.05, 4.69) is 15.1 Å². The third kappa shape index (κ3) is 0.863. The standard InChI is InChI=1S/C7H8N4S/c1-4-5-6(11(2)10-4)7(12)9-3-8-5/h3H,1-2H3,(H,8,9,12). The predicted octanol–water partition coefficient (Wildman–Crippen LogP) is 1.33. The molecule has 0 aliphatic heterocycles. The van der Waals surface area contributed by atoms with E-state index >= 15 is 0 Å². The van der Waals surface area contributed by atoms with Gasteiger partial charge in [0, 0.05) is 7.05 Å². The van der Waals surface area contributed by atoms with Gasteiger partial charge in [-0.2, -0.15) is 5.10 Å². The number of aromatic nitrogens is 4. The van der Waals surface area contributed by atoms with Gasteiger partial charge in [-0.05, 0) is 6.92 Å². The Balaban J connectivity index is 3.09. The lowest BCUT2D eigenvalue weighted by atomic mass is 10.4. The van der Waals surface area contributed by atoms with Crippen LogP contribution in [0.15, 0.2) is 6.33 Å². The van der Waals surface area contributed by atoms with Crippen LogP contribution < -0.4 is 0 Å². The fourth-order valence-electron chi connectivity index (χ4n) is 1.29. The van der Waals surface area contributed by atoms with E-state index in [4.69, 9.17) is 12.2 Å². The first-order valence-electron chi connectivity index (χ1n) is 3.57. The maximum atomic E-state index is 5.06. The zero-order valence-electron chi connectivity index (χ0n) is 6.83. The molecule has 4 nitrogen and oxygen atoms in total. The number of H-pyrrole nitrogens is 1. The molecule has 0 radical (unpaired) electrons. The van der Waals surface area contributed by atoms with Crippen molar-refractivity contribution in [3.8, 4) is 0 Å². The molecule has 12 heavy (non-hydrogen) atoms. The van der Waals surface area contributed by atoms with Crippen LogP contribution in [0.1, 0.15) is 5.69 Å². The second-order valence-electron chi connectivity index (χ2n) is 2.64. The summed E-state index contributed by atoms with van der Waals surface area (Å²) in [5.74, 6) is 0. The lowest BCUT2D eigenvalue weighted by Gasteiger charge is -1.91. The molecular weight excluding hydrogens is 172 g/mol. The Morgan fingerprint density at radius 2 is 2.33 bits per heavy atom. The summed E-state index contributed by atoms with van der Waals surface area (Å²) < 4.78 is 2.34. The van der Waals surface area contributed by atoms with Gasteiger partial charge in [-0.25, -0.2) is 4.98 Å². The largest absolute Gasteiger partial charge is 0.343 e. The number of aromatic amines is 1. The third-order valence-corrected chi connectivity index (χ3v) is 2.11. The van der Waals surface area contributed by atoms with Crippen molar-refractivity contribution in [1.82, 2.24) is 19.7 Å². The summed E-state index contributed by atoms with van der Waals surface area (Å²) in [6.07, 6.45) is 1.60. The van der Waals surface area contributed by atoms with Crippen molar-refractivity contribution in [2.24, 2.45) is 7.05 Å². The molecule has 0 unspecified atom stereocenters. The maximum Gasteiger partial charge on any atom is 0.155 e. The van der Waals surface area contributed by atoms with Crippen LogP contribution in [0.25, 0.3) is 11.0 Å². The van der Waals surface area contributed by atoms with E-state index in [1.54, 1.807) is 11.0 Å². The van der Waals surface area contributed by atoms with Crippen molar-refractivity contribution in [2.75, 3.05) is 0 Å². The topological polar surface area (TPSA) is 46.5 Å². The summed E-state index contributed by atoms with van der Waals surface area (Å²) in [6.45, 7) is 1.94. The molecule has 0 aromatic carbocycles. The summed E-state index contributed by atoms with van der Waals surface area (Å²) in [5, 5.41) is 4.23. The Hall–Kier alpha value is -1.23. The van der Waals surface area contributed by atoms with Crippen molar-refractivity contribution in [2.45, 2.75) is 6.92 Å². The maximum absolute atomic E-state index is 5.06. The number of nitrogens with zero attached hydrogens (tertiary/aromatic N) is 3. The van der Waals surface area contributed by atoms with Gasteiger partial charge < -0.3 is 4.98 Å². The summed E-state index contributed by atoms with van der Waals surface area (Å²) in [5.41, 5.74) is 2.81. The summed E-state index contributed by atoms with van der Waals surface area (Å²) in [4.78, 5) is 7.00. The fourth-order valence-corrected chi connectivity index (χ4v) is 1.58. The second-order valence-corrected chi connectivity index (χ2v) is 3.03. The molecule has 62 valence electrons. The smallest absolute Gasteiger partial charge is 0.155 e. The van der Waals surface area contributed by atoms with Gasteiger partial charge in [-0.15, -0.1) is 0 Å². The van der Waals surface area contributed by atoms with Gasteiger partial charge in [0.2, 0.25) is 0 Å². The van der Waals surface area contributed by atoms with Gasteiger partial charge in [0.1, 0.15) is 5.52 Å². The van der Waals surface area contributed by atoms with Crippen LogP contribution >= 0.6 is 12.2 Å². The molecule has 0 aliphatic rings. The highest BCUT2D eigenvalue weighted by molar-refractivity contribution is 7.71. The average Bonchev–Trinajstić information content (AvgIpc) is 2.29. The average molecular weight is 180 g/mol. The Bertz CT molecular complexity index is 482. The summed E-state index contributed by atoms with van der Waals surface area (Å²) in [6, 6.07) is 0. The molecule has 2 aromatic rings. The highest BCUT2D eigenvalue weighted by Gasteiger charge is 2.05. The molecule has 0 spiro atoms. The quantitative estimate of drug-likeness (QED) is 0.622. The Morgan fingerprint density at radius 1 is 1.58 bits per heavy atom. The van der Waals surface area contributed by atoms with Crippen LogP contribution in [-0.2, 0) is 7.05 Å². The highest BCUT2D eigenvalue weighted by Crippen LogP contribution is 2.13. The number of hydrogen-bond acceptors (Lipinski definition) is 3. The molecule has 0 fully saturated rings. The first-order valence-corrected chi connectivity index (χ1v) is 3.98. The summed E-state index contributed by atoms with van der Waals surface area (Å²) in [7, 11) is 1.86. The van der Waals surface area contributed by atoms with E-state index in [1.807, 2.05) is 14.0 Å². The zero-order valence-corrected chi connectivity index (χ0v) is 7.64. The van der Waals surface area contributed by atoms with Crippen LogP contribution in [0.2, 0.25) is 0 Å². The summed E-state index contributed by atoms with van der Waals surface area (Å²) >= 11 is 5.06. The third-order valence-electron chi connectivity index (χ3n) is 1.82. The van der Waals surface area contributed by atoms with Crippen LogP contribution in [0.5, 0.6) is 0 Å². The minimum Gasteiger partial charge on any atom is -0.343 e. The van der Waals surface area contributed by atoms with Crippen LogP contribution in [0.3, 0.4) is 0 Å². The molecule has 0 bridgehead atoms. The second kappa shape index (κ2) is 2.38. The number of aryl methyl sites for hydroxylation is 2. The van der Waals surface area contributed by atoms with E-state index in [0.717, 1.165) is 16.7 Å². The Morgan fingerprint density at radius 3 is 3.00 bits per heavy atom. The van der Waals surface area contributed by atoms with Crippen molar-refractivity contribution in [3.05, 3.63) is 16.7 Å². The van der Waals surface area contributed by atoms with E-state index in [-0.39, 0.29) is 0 Å². The number of fused-ring (bicyclic) bond motifs is 1. The molecule has 1 N–H and O–H groups in total. The van der Waals surface area contributed by atoms with Gasteiger partial charge in [-0.3, -0.25) is 4.68 Å². The molecule has 0 atom stereocenters.